The first-order valence-corrected chi connectivity index (χ1v) is 6.44. The van der Waals surface area contributed by atoms with Crippen molar-refractivity contribution in [2.75, 3.05) is 7.05 Å². The summed E-state index contributed by atoms with van der Waals surface area (Å²) in [6, 6.07) is 5.15. The SMILES string of the molecule is CNC(CCc1c(Cl)cccc1[N+](=O)[O-])C(C)C. The van der Waals surface area contributed by atoms with E-state index in [0.29, 0.717) is 29.0 Å². The zero-order valence-corrected chi connectivity index (χ0v) is 11.7. The molecule has 1 aromatic carbocycles. The van der Waals surface area contributed by atoms with Gasteiger partial charge in [0.15, 0.2) is 0 Å². The van der Waals surface area contributed by atoms with E-state index in [1.54, 1.807) is 12.1 Å². The van der Waals surface area contributed by atoms with Gasteiger partial charge in [-0.2, -0.15) is 0 Å². The number of nitro groups is 1. The highest BCUT2D eigenvalue weighted by Gasteiger charge is 2.18. The van der Waals surface area contributed by atoms with Gasteiger partial charge in [0.2, 0.25) is 0 Å². The average molecular weight is 271 g/mol. The second-order valence-electron chi connectivity index (χ2n) is 4.67. The molecule has 0 saturated heterocycles. The van der Waals surface area contributed by atoms with Crippen LogP contribution >= 0.6 is 11.6 Å². The number of hydrogen-bond donors (Lipinski definition) is 1. The molecule has 0 aliphatic rings. The Morgan fingerprint density at radius 3 is 2.61 bits per heavy atom. The highest BCUT2D eigenvalue weighted by Crippen LogP contribution is 2.28. The van der Waals surface area contributed by atoms with Crippen LogP contribution in [0.25, 0.3) is 0 Å². The standard InChI is InChI=1S/C13H19ClN2O2/c1-9(2)12(15-3)8-7-10-11(14)5-4-6-13(10)16(17)18/h4-6,9,12,15H,7-8H2,1-3H3. The Bertz CT molecular complexity index is 421. The smallest absolute Gasteiger partial charge is 0.274 e. The zero-order chi connectivity index (χ0) is 13.7. The molecule has 18 heavy (non-hydrogen) atoms. The van der Waals surface area contributed by atoms with Crippen molar-refractivity contribution in [3.8, 4) is 0 Å². The number of halogens is 1. The highest BCUT2D eigenvalue weighted by atomic mass is 35.5. The lowest BCUT2D eigenvalue weighted by molar-refractivity contribution is -0.385. The third-order valence-electron chi connectivity index (χ3n) is 3.17. The minimum Gasteiger partial charge on any atom is -0.317 e. The summed E-state index contributed by atoms with van der Waals surface area (Å²) in [4.78, 5) is 10.6. The molecule has 1 atom stereocenters. The molecule has 100 valence electrons. The molecule has 4 nitrogen and oxygen atoms in total. The molecule has 0 aromatic heterocycles. The Labute approximate surface area is 112 Å². The maximum atomic E-state index is 11.0. The predicted molar refractivity (Wildman–Crippen MR) is 74.1 cm³/mol. The minimum absolute atomic E-state index is 0.112. The summed E-state index contributed by atoms with van der Waals surface area (Å²) in [5.41, 5.74) is 0.742. The van der Waals surface area contributed by atoms with Crippen LogP contribution in [0.15, 0.2) is 18.2 Å². The van der Waals surface area contributed by atoms with Crippen LogP contribution in [-0.4, -0.2) is 18.0 Å². The van der Waals surface area contributed by atoms with Crippen molar-refractivity contribution in [2.45, 2.75) is 32.7 Å². The molecular weight excluding hydrogens is 252 g/mol. The maximum absolute atomic E-state index is 11.0. The first kappa shape index (κ1) is 14.9. The number of rotatable bonds is 6. The molecule has 5 heteroatoms. The first-order valence-electron chi connectivity index (χ1n) is 6.06. The quantitative estimate of drug-likeness (QED) is 0.636. The fraction of sp³-hybridized carbons (Fsp3) is 0.538. The predicted octanol–water partition coefficient (Wildman–Crippen LogP) is 3.42. The number of nitrogens with one attached hydrogen (secondary N) is 1. The maximum Gasteiger partial charge on any atom is 0.274 e. The molecule has 0 aliphatic heterocycles. The molecular formula is C13H19ClN2O2. The molecule has 1 N–H and O–H groups in total. The van der Waals surface area contributed by atoms with Crippen molar-refractivity contribution in [1.29, 1.82) is 0 Å². The van der Waals surface area contributed by atoms with Gasteiger partial charge in [0.05, 0.1) is 9.95 Å². The normalized spacial score (nSPS) is 12.7. The van der Waals surface area contributed by atoms with Gasteiger partial charge in [-0.15, -0.1) is 0 Å². The Morgan fingerprint density at radius 2 is 2.11 bits per heavy atom. The summed E-state index contributed by atoms with van der Waals surface area (Å²) in [7, 11) is 1.91. The van der Waals surface area contributed by atoms with E-state index in [1.165, 1.54) is 6.07 Å². The second kappa shape index (κ2) is 6.71. The van der Waals surface area contributed by atoms with Gasteiger partial charge >= 0.3 is 0 Å². The molecule has 1 rings (SSSR count). The molecule has 0 spiro atoms. The molecule has 1 aromatic rings. The molecule has 0 fully saturated rings. The molecule has 0 aliphatic carbocycles. The van der Waals surface area contributed by atoms with Crippen molar-refractivity contribution in [2.24, 2.45) is 5.92 Å². The Morgan fingerprint density at radius 1 is 1.44 bits per heavy atom. The van der Waals surface area contributed by atoms with E-state index in [4.69, 9.17) is 11.6 Å². The van der Waals surface area contributed by atoms with Crippen LogP contribution in [0.1, 0.15) is 25.8 Å². The Hall–Kier alpha value is -1.13. The third kappa shape index (κ3) is 3.68. The van der Waals surface area contributed by atoms with Crippen LogP contribution in [0.4, 0.5) is 5.69 Å². The van der Waals surface area contributed by atoms with E-state index in [1.807, 2.05) is 7.05 Å². The average Bonchev–Trinajstić information content (AvgIpc) is 2.30. The lowest BCUT2D eigenvalue weighted by atomic mass is 9.96. The van der Waals surface area contributed by atoms with E-state index in [9.17, 15) is 10.1 Å². The van der Waals surface area contributed by atoms with Crippen molar-refractivity contribution in [3.05, 3.63) is 38.9 Å². The fourth-order valence-electron chi connectivity index (χ4n) is 2.08. The van der Waals surface area contributed by atoms with E-state index in [-0.39, 0.29) is 10.6 Å². The van der Waals surface area contributed by atoms with Gasteiger partial charge in [0, 0.05) is 17.7 Å². The fourth-order valence-corrected chi connectivity index (χ4v) is 2.34. The van der Waals surface area contributed by atoms with Crippen LogP contribution in [0.5, 0.6) is 0 Å². The van der Waals surface area contributed by atoms with E-state index >= 15 is 0 Å². The number of benzene rings is 1. The van der Waals surface area contributed by atoms with Crippen LogP contribution in [0.2, 0.25) is 5.02 Å². The lowest BCUT2D eigenvalue weighted by Gasteiger charge is -2.20. The zero-order valence-electron chi connectivity index (χ0n) is 10.9. The summed E-state index contributed by atoms with van der Waals surface area (Å²) < 4.78 is 0. The van der Waals surface area contributed by atoms with Crippen LogP contribution in [0.3, 0.4) is 0 Å². The monoisotopic (exact) mass is 270 g/mol. The minimum atomic E-state index is -0.370. The number of nitro benzene ring substituents is 1. The van der Waals surface area contributed by atoms with Gasteiger partial charge in [-0.05, 0) is 31.9 Å². The molecule has 0 bridgehead atoms. The highest BCUT2D eigenvalue weighted by molar-refractivity contribution is 6.31. The Balaban J connectivity index is 2.87. The summed E-state index contributed by atoms with van der Waals surface area (Å²) in [5.74, 6) is 0.483. The van der Waals surface area contributed by atoms with E-state index < -0.39 is 0 Å². The van der Waals surface area contributed by atoms with Crippen molar-refractivity contribution >= 4 is 17.3 Å². The van der Waals surface area contributed by atoms with Crippen molar-refractivity contribution in [1.82, 2.24) is 5.32 Å². The van der Waals surface area contributed by atoms with Crippen LogP contribution in [0, 0.1) is 16.0 Å². The largest absolute Gasteiger partial charge is 0.317 e. The van der Waals surface area contributed by atoms with Crippen molar-refractivity contribution in [3.63, 3.8) is 0 Å². The Kier molecular flexibility index (Phi) is 5.56. The van der Waals surface area contributed by atoms with Gasteiger partial charge in [-0.3, -0.25) is 10.1 Å². The summed E-state index contributed by atoms with van der Waals surface area (Å²) >= 11 is 6.05. The van der Waals surface area contributed by atoms with Gasteiger partial charge in [-0.1, -0.05) is 31.5 Å². The third-order valence-corrected chi connectivity index (χ3v) is 3.53. The first-order chi connectivity index (χ1) is 8.47. The number of nitrogens with zero attached hydrogens (tertiary/aromatic N) is 1. The van der Waals surface area contributed by atoms with Gasteiger partial charge in [0.25, 0.3) is 5.69 Å². The van der Waals surface area contributed by atoms with E-state index in [2.05, 4.69) is 19.2 Å². The van der Waals surface area contributed by atoms with Gasteiger partial charge in [0.1, 0.15) is 0 Å². The summed E-state index contributed by atoms with van der Waals surface area (Å²) in [6.07, 6.45) is 1.44. The summed E-state index contributed by atoms with van der Waals surface area (Å²) in [5, 5.41) is 14.7. The van der Waals surface area contributed by atoms with Gasteiger partial charge in [-0.25, -0.2) is 0 Å². The second-order valence-corrected chi connectivity index (χ2v) is 5.08. The van der Waals surface area contributed by atoms with Crippen LogP contribution in [-0.2, 0) is 6.42 Å². The molecule has 0 amide bonds. The molecule has 0 radical (unpaired) electrons. The summed E-state index contributed by atoms with van der Waals surface area (Å²) in [6.45, 7) is 4.25. The topological polar surface area (TPSA) is 55.2 Å². The lowest BCUT2D eigenvalue weighted by Crippen LogP contribution is -2.31. The molecule has 1 unspecified atom stereocenters. The molecule has 0 heterocycles. The molecule has 0 saturated carbocycles. The van der Waals surface area contributed by atoms with E-state index in [0.717, 1.165) is 6.42 Å². The van der Waals surface area contributed by atoms with Crippen molar-refractivity contribution < 1.29 is 4.92 Å². The van der Waals surface area contributed by atoms with Crippen LogP contribution < -0.4 is 5.32 Å². The van der Waals surface area contributed by atoms with Gasteiger partial charge < -0.3 is 5.32 Å². The number of hydrogen-bond acceptors (Lipinski definition) is 3.